The Labute approximate surface area is 127 Å². The maximum Gasteiger partial charge on any atom is 0.241 e. The summed E-state index contributed by atoms with van der Waals surface area (Å²) in [6.45, 7) is 2.30. The van der Waals surface area contributed by atoms with Crippen LogP contribution in [0.15, 0.2) is 30.6 Å². The lowest BCUT2D eigenvalue weighted by Gasteiger charge is -2.04. The summed E-state index contributed by atoms with van der Waals surface area (Å²) in [5.74, 6) is 0.0224. The van der Waals surface area contributed by atoms with E-state index in [9.17, 15) is 9.59 Å². The van der Waals surface area contributed by atoms with Crippen LogP contribution in [0.1, 0.15) is 19.0 Å². The highest BCUT2D eigenvalue weighted by atomic mass is 16.2. The predicted molar refractivity (Wildman–Crippen MR) is 79.9 cm³/mol. The Bertz CT molecular complexity index is 625. The van der Waals surface area contributed by atoms with Gasteiger partial charge in [0, 0.05) is 31.3 Å². The van der Waals surface area contributed by atoms with Gasteiger partial charge in [0.15, 0.2) is 5.82 Å². The Hall–Kier alpha value is -2.77. The first-order valence-electron chi connectivity index (χ1n) is 7.04. The normalized spacial score (nSPS) is 10.2. The highest BCUT2D eigenvalue weighted by molar-refractivity contribution is 5.89. The molecule has 0 aliphatic carbocycles. The first-order valence-corrected chi connectivity index (χ1v) is 7.04. The molecular weight excluding hydrogens is 284 g/mol. The zero-order valence-corrected chi connectivity index (χ0v) is 12.3. The van der Waals surface area contributed by atoms with Gasteiger partial charge in [0.05, 0.1) is 6.20 Å². The van der Waals surface area contributed by atoms with Crippen molar-refractivity contribution in [2.24, 2.45) is 0 Å². The van der Waals surface area contributed by atoms with Gasteiger partial charge in [0.25, 0.3) is 0 Å². The largest absolute Gasteiger partial charge is 0.354 e. The molecule has 2 amide bonds. The lowest BCUT2D eigenvalue weighted by molar-refractivity contribution is -0.121. The average molecular weight is 302 g/mol. The molecule has 0 aliphatic heterocycles. The third-order valence-electron chi connectivity index (χ3n) is 2.86. The predicted octanol–water partition coefficient (Wildman–Crippen LogP) is 0.380. The molecule has 22 heavy (non-hydrogen) atoms. The Balaban J connectivity index is 1.74. The Kier molecular flexibility index (Phi) is 5.58. The highest BCUT2D eigenvalue weighted by Crippen LogP contribution is 2.00. The van der Waals surface area contributed by atoms with Crippen LogP contribution >= 0.6 is 0 Å². The second kappa shape index (κ2) is 7.87. The maximum absolute atomic E-state index is 11.8. The number of carbonyl (C=O) groups excluding carboxylic acids is 2. The number of nitrogens with zero attached hydrogens (tertiary/aromatic N) is 4. The van der Waals surface area contributed by atoms with E-state index in [1.807, 2.05) is 18.2 Å². The molecule has 2 rings (SSSR count). The summed E-state index contributed by atoms with van der Waals surface area (Å²) >= 11 is 0. The zero-order chi connectivity index (χ0) is 15.8. The van der Waals surface area contributed by atoms with Gasteiger partial charge < -0.3 is 10.6 Å². The number of amides is 2. The number of rotatable bonds is 7. The number of hydrogen-bond donors (Lipinski definition) is 2. The first kappa shape index (κ1) is 15.6. The summed E-state index contributed by atoms with van der Waals surface area (Å²) in [6.07, 6.45) is 4.27. The summed E-state index contributed by atoms with van der Waals surface area (Å²) in [7, 11) is 0. The summed E-state index contributed by atoms with van der Waals surface area (Å²) in [5.41, 5.74) is 0.924. The van der Waals surface area contributed by atoms with Crippen molar-refractivity contribution in [2.45, 2.75) is 26.3 Å². The Morgan fingerprint density at radius 3 is 2.86 bits per heavy atom. The molecule has 116 valence electrons. The smallest absolute Gasteiger partial charge is 0.241 e. The molecule has 0 spiro atoms. The van der Waals surface area contributed by atoms with Crippen LogP contribution in [0.5, 0.6) is 0 Å². The minimum absolute atomic E-state index is 0.0528. The molecule has 8 nitrogen and oxygen atoms in total. The SMILES string of the molecule is CCC(=O)Nc1cn(CC(=O)NCCc2ccccn2)nn1. The van der Waals surface area contributed by atoms with Crippen molar-refractivity contribution in [1.82, 2.24) is 25.3 Å². The van der Waals surface area contributed by atoms with Gasteiger partial charge in [-0.1, -0.05) is 18.2 Å². The van der Waals surface area contributed by atoms with E-state index in [4.69, 9.17) is 0 Å². The van der Waals surface area contributed by atoms with E-state index in [2.05, 4.69) is 25.9 Å². The van der Waals surface area contributed by atoms with E-state index in [0.29, 0.717) is 25.2 Å². The fraction of sp³-hybridized carbons (Fsp3) is 0.357. The molecule has 8 heteroatoms. The van der Waals surface area contributed by atoms with E-state index in [1.54, 1.807) is 13.1 Å². The molecule has 0 atom stereocenters. The van der Waals surface area contributed by atoms with Gasteiger partial charge in [-0.05, 0) is 12.1 Å². The van der Waals surface area contributed by atoms with Crippen molar-refractivity contribution in [2.75, 3.05) is 11.9 Å². The van der Waals surface area contributed by atoms with E-state index in [-0.39, 0.29) is 18.4 Å². The van der Waals surface area contributed by atoms with Crippen molar-refractivity contribution < 1.29 is 9.59 Å². The van der Waals surface area contributed by atoms with E-state index in [1.165, 1.54) is 10.9 Å². The molecule has 0 saturated carbocycles. The van der Waals surface area contributed by atoms with Gasteiger partial charge in [-0.25, -0.2) is 4.68 Å². The van der Waals surface area contributed by atoms with Gasteiger partial charge in [-0.15, -0.1) is 5.10 Å². The lowest BCUT2D eigenvalue weighted by Crippen LogP contribution is -2.29. The fourth-order valence-corrected chi connectivity index (χ4v) is 1.74. The molecule has 2 N–H and O–H groups in total. The van der Waals surface area contributed by atoms with Crippen LogP contribution in [0, 0.1) is 0 Å². The first-order chi connectivity index (χ1) is 10.7. The Morgan fingerprint density at radius 2 is 2.14 bits per heavy atom. The van der Waals surface area contributed by atoms with Crippen LogP contribution in [0.2, 0.25) is 0 Å². The second-order valence-corrected chi connectivity index (χ2v) is 4.62. The van der Waals surface area contributed by atoms with Gasteiger partial charge in [-0.2, -0.15) is 0 Å². The van der Waals surface area contributed by atoms with Gasteiger partial charge >= 0.3 is 0 Å². The molecule has 2 heterocycles. The van der Waals surface area contributed by atoms with Crippen LogP contribution in [-0.4, -0.2) is 38.3 Å². The van der Waals surface area contributed by atoms with Crippen molar-refractivity contribution in [1.29, 1.82) is 0 Å². The van der Waals surface area contributed by atoms with E-state index in [0.717, 1.165) is 5.69 Å². The van der Waals surface area contributed by atoms with Gasteiger partial charge in [0.1, 0.15) is 6.54 Å². The molecule has 0 saturated heterocycles. The maximum atomic E-state index is 11.8. The third kappa shape index (κ3) is 4.97. The Morgan fingerprint density at radius 1 is 1.27 bits per heavy atom. The minimum atomic E-state index is -0.172. The number of aromatic nitrogens is 4. The van der Waals surface area contributed by atoms with Crippen molar-refractivity contribution in [3.63, 3.8) is 0 Å². The monoisotopic (exact) mass is 302 g/mol. The van der Waals surface area contributed by atoms with Crippen LogP contribution in [0.25, 0.3) is 0 Å². The molecule has 0 aliphatic rings. The quantitative estimate of drug-likeness (QED) is 0.770. The average Bonchev–Trinajstić information content (AvgIpc) is 2.95. The van der Waals surface area contributed by atoms with E-state index < -0.39 is 0 Å². The van der Waals surface area contributed by atoms with Crippen LogP contribution in [-0.2, 0) is 22.6 Å². The van der Waals surface area contributed by atoms with Crippen molar-refractivity contribution >= 4 is 17.6 Å². The molecule has 0 bridgehead atoms. The molecular formula is C14H18N6O2. The third-order valence-corrected chi connectivity index (χ3v) is 2.86. The molecule has 0 fully saturated rings. The van der Waals surface area contributed by atoms with E-state index >= 15 is 0 Å². The molecule has 0 radical (unpaired) electrons. The number of anilines is 1. The van der Waals surface area contributed by atoms with Crippen molar-refractivity contribution in [3.8, 4) is 0 Å². The molecule has 2 aromatic heterocycles. The van der Waals surface area contributed by atoms with Gasteiger partial charge in [0.2, 0.25) is 11.8 Å². The summed E-state index contributed by atoms with van der Waals surface area (Å²) < 4.78 is 1.38. The number of carbonyl (C=O) groups is 2. The lowest BCUT2D eigenvalue weighted by atomic mass is 10.3. The minimum Gasteiger partial charge on any atom is -0.354 e. The van der Waals surface area contributed by atoms with Crippen LogP contribution in [0.4, 0.5) is 5.82 Å². The number of hydrogen-bond acceptors (Lipinski definition) is 5. The number of nitrogens with one attached hydrogen (secondary N) is 2. The number of pyridine rings is 1. The van der Waals surface area contributed by atoms with Crippen LogP contribution < -0.4 is 10.6 Å². The molecule has 2 aromatic rings. The topological polar surface area (TPSA) is 102 Å². The fourth-order valence-electron chi connectivity index (χ4n) is 1.74. The second-order valence-electron chi connectivity index (χ2n) is 4.62. The van der Waals surface area contributed by atoms with Crippen molar-refractivity contribution in [3.05, 3.63) is 36.3 Å². The molecule has 0 aromatic carbocycles. The highest BCUT2D eigenvalue weighted by Gasteiger charge is 2.07. The standard InChI is InChI=1S/C14H18N6O2/c1-2-13(21)17-12-9-20(19-18-12)10-14(22)16-8-6-11-5-3-4-7-15-11/h3-5,7,9H,2,6,8,10H2,1H3,(H,16,22)(H,17,21). The van der Waals surface area contributed by atoms with Crippen LogP contribution in [0.3, 0.4) is 0 Å². The van der Waals surface area contributed by atoms with Gasteiger partial charge in [-0.3, -0.25) is 14.6 Å². The molecule has 0 unspecified atom stereocenters. The summed E-state index contributed by atoms with van der Waals surface area (Å²) in [6, 6.07) is 5.67. The zero-order valence-electron chi connectivity index (χ0n) is 12.3. The summed E-state index contributed by atoms with van der Waals surface area (Å²) in [5, 5.41) is 12.9. The summed E-state index contributed by atoms with van der Waals surface area (Å²) in [4.78, 5) is 27.2.